The van der Waals surface area contributed by atoms with Crippen LogP contribution >= 0.6 is 11.3 Å². The number of ketones is 1. The second-order valence-corrected chi connectivity index (χ2v) is 12.6. The molecule has 0 unspecified atom stereocenters. The number of carbonyl (C=O) groups is 1. The Kier molecular flexibility index (Phi) is 5.51. The highest BCUT2D eigenvalue weighted by Crippen LogP contribution is 2.68. The molecule has 34 heavy (non-hydrogen) atoms. The summed E-state index contributed by atoms with van der Waals surface area (Å²) in [6.07, 6.45) is 11.5. The van der Waals surface area contributed by atoms with Crippen LogP contribution in [0.25, 0.3) is 0 Å². The fraction of sp³-hybridized carbons (Fsp3) is 0.600. The number of anilines is 2. The summed E-state index contributed by atoms with van der Waals surface area (Å²) in [4.78, 5) is 19.7. The number of para-hydroxylation sites is 1. The molecule has 3 nitrogen and oxygen atoms in total. The standard InChI is InChI=1S/C30H38N2OS/c1-4-32(21-8-6-5-7-9-21)28-31-27(19-34-28)26-13-12-24-23-11-10-20-18-22(33)14-16-29(20,2)25(23)15-17-30(24,26)3/h5-9,18-19,23-26H,4,10-17H2,1-3H3/t23-,24-,25-,26+,29-,30-/m0/s1. The summed E-state index contributed by atoms with van der Waals surface area (Å²) in [5, 5.41) is 3.50. The van der Waals surface area contributed by atoms with Gasteiger partial charge in [-0.15, -0.1) is 11.3 Å². The predicted molar refractivity (Wildman–Crippen MR) is 141 cm³/mol. The Balaban J connectivity index is 1.26. The number of carbonyl (C=O) groups excluding carboxylic acids is 1. The summed E-state index contributed by atoms with van der Waals surface area (Å²) < 4.78 is 0. The SMILES string of the molecule is CCN(c1ccccc1)c1nc([C@H]2CC[C@H]3[C@@H]4CCC5=CC(=O)CC[C@]5(C)[C@H]4CC[C@]23C)cs1. The Morgan fingerprint density at radius 3 is 2.65 bits per heavy atom. The van der Waals surface area contributed by atoms with Gasteiger partial charge in [0.25, 0.3) is 0 Å². The molecule has 180 valence electrons. The number of hydrogen-bond donors (Lipinski definition) is 0. The first kappa shape index (κ1) is 22.5. The van der Waals surface area contributed by atoms with Crippen molar-refractivity contribution < 1.29 is 4.79 Å². The minimum Gasteiger partial charge on any atom is -0.318 e. The molecule has 0 saturated heterocycles. The third-order valence-electron chi connectivity index (χ3n) is 10.4. The Labute approximate surface area is 208 Å². The van der Waals surface area contributed by atoms with E-state index in [1.807, 2.05) is 17.4 Å². The zero-order valence-electron chi connectivity index (χ0n) is 20.9. The van der Waals surface area contributed by atoms with E-state index in [1.165, 1.54) is 49.1 Å². The predicted octanol–water partition coefficient (Wildman–Crippen LogP) is 7.92. The Morgan fingerprint density at radius 2 is 1.85 bits per heavy atom. The van der Waals surface area contributed by atoms with Crippen LogP contribution in [0.4, 0.5) is 10.8 Å². The molecule has 0 bridgehead atoms. The Hall–Kier alpha value is -1.94. The van der Waals surface area contributed by atoms with Gasteiger partial charge in [0.15, 0.2) is 10.9 Å². The van der Waals surface area contributed by atoms with Crippen molar-refractivity contribution in [2.75, 3.05) is 11.4 Å². The van der Waals surface area contributed by atoms with Crippen LogP contribution < -0.4 is 4.90 Å². The lowest BCUT2D eigenvalue weighted by Gasteiger charge is -2.58. The van der Waals surface area contributed by atoms with Gasteiger partial charge in [-0.1, -0.05) is 37.6 Å². The van der Waals surface area contributed by atoms with Crippen LogP contribution in [0.2, 0.25) is 0 Å². The third kappa shape index (κ3) is 3.35. The van der Waals surface area contributed by atoms with Crippen molar-refractivity contribution in [3.05, 3.63) is 53.1 Å². The normalized spacial score (nSPS) is 36.9. The maximum absolute atomic E-state index is 12.1. The number of benzene rings is 1. The van der Waals surface area contributed by atoms with Gasteiger partial charge in [0.05, 0.1) is 5.69 Å². The maximum atomic E-state index is 12.1. The molecule has 1 aromatic heterocycles. The number of hydrogen-bond acceptors (Lipinski definition) is 4. The molecule has 0 aliphatic heterocycles. The highest BCUT2D eigenvalue weighted by atomic mass is 32.1. The second kappa shape index (κ2) is 8.33. The average molecular weight is 475 g/mol. The average Bonchev–Trinajstić information content (AvgIpc) is 3.45. The molecule has 4 aliphatic carbocycles. The fourth-order valence-corrected chi connectivity index (χ4v) is 9.60. The molecule has 4 heteroatoms. The van der Waals surface area contributed by atoms with Crippen molar-refractivity contribution in [2.24, 2.45) is 28.6 Å². The lowest BCUT2D eigenvalue weighted by atomic mass is 9.47. The lowest BCUT2D eigenvalue weighted by Crippen LogP contribution is -2.50. The fourth-order valence-electron chi connectivity index (χ4n) is 8.64. The zero-order valence-corrected chi connectivity index (χ0v) is 21.7. The minimum atomic E-state index is 0.265. The summed E-state index contributed by atoms with van der Waals surface area (Å²) in [6, 6.07) is 10.7. The number of aromatic nitrogens is 1. The van der Waals surface area contributed by atoms with Crippen molar-refractivity contribution in [1.82, 2.24) is 4.98 Å². The molecule has 1 aromatic carbocycles. The monoisotopic (exact) mass is 474 g/mol. The maximum Gasteiger partial charge on any atom is 0.190 e. The molecular weight excluding hydrogens is 436 g/mol. The van der Waals surface area contributed by atoms with E-state index < -0.39 is 0 Å². The first-order valence-electron chi connectivity index (χ1n) is 13.5. The van der Waals surface area contributed by atoms with E-state index in [-0.39, 0.29) is 5.41 Å². The number of allylic oxidation sites excluding steroid dienone is 1. The van der Waals surface area contributed by atoms with Crippen LogP contribution in [0, 0.1) is 28.6 Å². The molecule has 0 amide bonds. The molecule has 6 rings (SSSR count). The number of rotatable bonds is 4. The van der Waals surface area contributed by atoms with Gasteiger partial charge in [0.2, 0.25) is 0 Å². The summed E-state index contributed by atoms with van der Waals surface area (Å²) in [5.41, 5.74) is 4.67. The largest absolute Gasteiger partial charge is 0.318 e. The van der Waals surface area contributed by atoms with E-state index >= 15 is 0 Å². The van der Waals surface area contributed by atoms with Gasteiger partial charge in [-0.05, 0) is 98.7 Å². The minimum absolute atomic E-state index is 0.265. The molecule has 1 heterocycles. The lowest BCUT2D eigenvalue weighted by molar-refractivity contribution is -0.117. The van der Waals surface area contributed by atoms with E-state index in [9.17, 15) is 4.79 Å². The quantitative estimate of drug-likeness (QED) is 0.451. The van der Waals surface area contributed by atoms with Crippen LogP contribution in [0.15, 0.2) is 47.4 Å². The van der Waals surface area contributed by atoms with Crippen LogP contribution in [-0.2, 0) is 4.79 Å². The van der Waals surface area contributed by atoms with Crippen LogP contribution in [0.3, 0.4) is 0 Å². The third-order valence-corrected chi connectivity index (χ3v) is 11.3. The van der Waals surface area contributed by atoms with Gasteiger partial charge >= 0.3 is 0 Å². The molecule has 0 spiro atoms. The molecule has 0 N–H and O–H groups in total. The van der Waals surface area contributed by atoms with Gasteiger partial charge < -0.3 is 4.90 Å². The zero-order chi connectivity index (χ0) is 23.5. The van der Waals surface area contributed by atoms with Crippen molar-refractivity contribution in [3.63, 3.8) is 0 Å². The second-order valence-electron chi connectivity index (χ2n) is 11.8. The van der Waals surface area contributed by atoms with Crippen molar-refractivity contribution in [2.45, 2.75) is 78.1 Å². The summed E-state index contributed by atoms with van der Waals surface area (Å²) in [5.74, 6) is 3.32. The molecule has 3 fully saturated rings. The first-order valence-corrected chi connectivity index (χ1v) is 14.3. The molecule has 4 aliphatic rings. The van der Waals surface area contributed by atoms with E-state index in [4.69, 9.17) is 4.98 Å². The van der Waals surface area contributed by atoms with E-state index in [0.29, 0.717) is 17.1 Å². The van der Waals surface area contributed by atoms with Gasteiger partial charge in [0, 0.05) is 30.0 Å². The molecule has 3 saturated carbocycles. The van der Waals surface area contributed by atoms with E-state index in [0.717, 1.165) is 48.7 Å². The van der Waals surface area contributed by atoms with Crippen LogP contribution in [-0.4, -0.2) is 17.3 Å². The topological polar surface area (TPSA) is 33.2 Å². The first-order chi connectivity index (χ1) is 16.4. The van der Waals surface area contributed by atoms with Crippen LogP contribution in [0.1, 0.15) is 83.7 Å². The van der Waals surface area contributed by atoms with Gasteiger partial charge in [0.1, 0.15) is 0 Å². The van der Waals surface area contributed by atoms with E-state index in [1.54, 1.807) is 0 Å². The van der Waals surface area contributed by atoms with Crippen molar-refractivity contribution in [3.8, 4) is 0 Å². The van der Waals surface area contributed by atoms with Gasteiger partial charge in [-0.2, -0.15) is 0 Å². The number of thiazole rings is 1. The Bertz CT molecular complexity index is 1110. The molecule has 0 radical (unpaired) electrons. The number of fused-ring (bicyclic) bond motifs is 5. The van der Waals surface area contributed by atoms with Crippen LogP contribution in [0.5, 0.6) is 0 Å². The van der Waals surface area contributed by atoms with E-state index in [2.05, 4.69) is 61.4 Å². The summed E-state index contributed by atoms with van der Waals surface area (Å²) in [6.45, 7) is 8.24. The van der Waals surface area contributed by atoms with Crippen molar-refractivity contribution >= 4 is 27.9 Å². The molecular formula is C30H38N2OS. The highest BCUT2D eigenvalue weighted by molar-refractivity contribution is 7.13. The van der Waals surface area contributed by atoms with Crippen molar-refractivity contribution in [1.29, 1.82) is 0 Å². The highest BCUT2D eigenvalue weighted by Gasteiger charge is 2.59. The van der Waals surface area contributed by atoms with Gasteiger partial charge in [-0.3, -0.25) is 4.79 Å². The molecule has 2 aromatic rings. The Morgan fingerprint density at radius 1 is 1.03 bits per heavy atom. The summed E-state index contributed by atoms with van der Waals surface area (Å²) >= 11 is 1.81. The summed E-state index contributed by atoms with van der Waals surface area (Å²) in [7, 11) is 0. The smallest absolute Gasteiger partial charge is 0.190 e. The van der Waals surface area contributed by atoms with Gasteiger partial charge in [-0.25, -0.2) is 4.98 Å². The molecule has 6 atom stereocenters. The number of nitrogens with zero attached hydrogens (tertiary/aromatic N) is 2.